The van der Waals surface area contributed by atoms with Crippen molar-refractivity contribution >= 4 is 0 Å². The van der Waals surface area contributed by atoms with Crippen LogP contribution in [0.5, 0.6) is 0 Å². The van der Waals surface area contributed by atoms with Gasteiger partial charge >= 0.3 is 0 Å². The first kappa shape index (κ1) is 7.34. The molecule has 0 N–H and O–H groups in total. The number of hydrogen-bond donors (Lipinski definition) is 0. The molecule has 0 aromatic heterocycles. The van der Waals surface area contributed by atoms with E-state index in [1.165, 1.54) is 12.8 Å². The van der Waals surface area contributed by atoms with Crippen molar-refractivity contribution in [2.75, 3.05) is 0 Å². The summed E-state index contributed by atoms with van der Waals surface area (Å²) in [6.45, 7) is 5.87. The zero-order valence-corrected chi connectivity index (χ0v) is 6.33. The van der Waals surface area contributed by atoms with Gasteiger partial charge in [0.1, 0.15) is 0 Å². The molecule has 2 rings (SSSR count). The Kier molecular flexibility index (Phi) is 2.11. The number of rotatable bonds is 0. The van der Waals surface area contributed by atoms with Crippen LogP contribution in [0.15, 0.2) is 12.2 Å². The fourth-order valence-electron chi connectivity index (χ4n) is 2.06. The zero-order valence-electron chi connectivity index (χ0n) is 6.33. The quantitative estimate of drug-likeness (QED) is 0.468. The minimum atomic E-state index is 0.958. The van der Waals surface area contributed by atoms with E-state index >= 15 is 0 Å². The van der Waals surface area contributed by atoms with Gasteiger partial charge in [-0.25, -0.2) is 5.26 Å². The van der Waals surface area contributed by atoms with Gasteiger partial charge in [-0.1, -0.05) is 19.1 Å². The van der Waals surface area contributed by atoms with Gasteiger partial charge in [0.05, 0.1) is 0 Å². The van der Waals surface area contributed by atoms with Gasteiger partial charge in [-0.05, 0) is 30.6 Å². The van der Waals surface area contributed by atoms with Gasteiger partial charge in [-0.2, -0.15) is 0 Å². The SMILES string of the molecule is C#N.CC1CC2C=CC1C2. The van der Waals surface area contributed by atoms with E-state index in [1.54, 1.807) is 0 Å². The van der Waals surface area contributed by atoms with Gasteiger partial charge in [0.2, 0.25) is 0 Å². The monoisotopic (exact) mass is 135 g/mol. The summed E-state index contributed by atoms with van der Waals surface area (Å²) < 4.78 is 0. The van der Waals surface area contributed by atoms with Crippen molar-refractivity contribution < 1.29 is 0 Å². The largest absolute Gasteiger partial charge is 0.202 e. The summed E-state index contributed by atoms with van der Waals surface area (Å²) >= 11 is 0. The van der Waals surface area contributed by atoms with E-state index in [0.29, 0.717) is 0 Å². The van der Waals surface area contributed by atoms with Crippen molar-refractivity contribution in [1.82, 2.24) is 0 Å². The molecule has 0 radical (unpaired) electrons. The average Bonchev–Trinajstić information content (AvgIpc) is 2.52. The number of fused-ring (bicyclic) bond motifs is 2. The predicted octanol–water partition coefficient (Wildman–Crippen LogP) is 2.36. The van der Waals surface area contributed by atoms with Crippen LogP contribution >= 0.6 is 0 Å². The van der Waals surface area contributed by atoms with E-state index in [0.717, 1.165) is 17.8 Å². The van der Waals surface area contributed by atoms with E-state index in [4.69, 9.17) is 5.26 Å². The Hall–Kier alpha value is -0.770. The standard InChI is InChI=1S/C8H12.CHN/c1-6-4-7-2-3-8(6)5-7;1-2/h2-3,6-8H,4-5H2,1H3;1H. The van der Waals surface area contributed by atoms with Crippen LogP contribution in [0.2, 0.25) is 0 Å². The molecule has 54 valence electrons. The maximum atomic E-state index is 6.50. The molecule has 3 unspecified atom stereocenters. The molecule has 0 aromatic carbocycles. The molecule has 10 heavy (non-hydrogen) atoms. The highest BCUT2D eigenvalue weighted by molar-refractivity contribution is 5.08. The Morgan fingerprint density at radius 2 is 2.00 bits per heavy atom. The van der Waals surface area contributed by atoms with Gasteiger partial charge in [0, 0.05) is 6.57 Å². The van der Waals surface area contributed by atoms with Crippen LogP contribution in [-0.4, -0.2) is 0 Å². The maximum absolute atomic E-state index is 6.50. The molecule has 1 nitrogen and oxygen atoms in total. The number of nitrogens with zero attached hydrogens (tertiary/aromatic N) is 1. The molecule has 0 saturated heterocycles. The molecule has 2 bridgehead atoms. The summed E-state index contributed by atoms with van der Waals surface area (Å²) in [5, 5.41) is 6.50. The van der Waals surface area contributed by atoms with Gasteiger partial charge in [-0.3, -0.25) is 0 Å². The van der Waals surface area contributed by atoms with Crippen LogP contribution in [0, 0.1) is 29.6 Å². The van der Waals surface area contributed by atoms with Crippen molar-refractivity contribution in [3.05, 3.63) is 12.2 Å². The molecule has 3 atom stereocenters. The second kappa shape index (κ2) is 2.88. The molecule has 1 saturated carbocycles. The Labute approximate surface area is 62.4 Å². The highest BCUT2D eigenvalue weighted by atomic mass is 14.4. The van der Waals surface area contributed by atoms with Crippen molar-refractivity contribution in [1.29, 1.82) is 5.26 Å². The molecule has 0 aliphatic heterocycles. The summed E-state index contributed by atoms with van der Waals surface area (Å²) in [5.41, 5.74) is 0. The lowest BCUT2D eigenvalue weighted by atomic mass is 9.96. The minimum absolute atomic E-state index is 0.958. The Balaban J connectivity index is 0.000000231. The fourth-order valence-corrected chi connectivity index (χ4v) is 2.06. The summed E-state index contributed by atoms with van der Waals surface area (Å²) in [5.74, 6) is 2.92. The van der Waals surface area contributed by atoms with Gasteiger partial charge < -0.3 is 0 Å². The zero-order chi connectivity index (χ0) is 7.56. The van der Waals surface area contributed by atoms with Crippen LogP contribution in [-0.2, 0) is 0 Å². The van der Waals surface area contributed by atoms with E-state index < -0.39 is 0 Å². The minimum Gasteiger partial charge on any atom is -0.202 e. The van der Waals surface area contributed by atoms with Crippen molar-refractivity contribution in [3.63, 3.8) is 0 Å². The Morgan fingerprint density at radius 1 is 1.30 bits per heavy atom. The lowest BCUT2D eigenvalue weighted by Gasteiger charge is -2.09. The molecule has 0 spiro atoms. The second-order valence-electron chi connectivity index (χ2n) is 3.26. The molecule has 1 fully saturated rings. The first-order valence-electron chi connectivity index (χ1n) is 3.80. The molecular weight excluding hydrogens is 122 g/mol. The second-order valence-corrected chi connectivity index (χ2v) is 3.26. The van der Waals surface area contributed by atoms with Crippen LogP contribution in [0.3, 0.4) is 0 Å². The number of hydrogen-bond acceptors (Lipinski definition) is 1. The maximum Gasteiger partial charge on any atom is 0.0462 e. The van der Waals surface area contributed by atoms with E-state index in [9.17, 15) is 0 Å². The van der Waals surface area contributed by atoms with Gasteiger partial charge in [0.25, 0.3) is 0 Å². The first-order valence-corrected chi connectivity index (χ1v) is 3.80. The normalized spacial score (nSPS) is 40.9. The highest BCUT2D eigenvalue weighted by Gasteiger charge is 2.32. The van der Waals surface area contributed by atoms with Crippen molar-refractivity contribution in [2.45, 2.75) is 19.8 Å². The highest BCUT2D eigenvalue weighted by Crippen LogP contribution is 2.42. The van der Waals surface area contributed by atoms with E-state index in [-0.39, 0.29) is 0 Å². The lowest BCUT2D eigenvalue weighted by Crippen LogP contribution is -1.99. The molecular formula is C9H13N. The third-order valence-corrected chi connectivity index (χ3v) is 2.61. The molecule has 2 aliphatic carbocycles. The van der Waals surface area contributed by atoms with Crippen LogP contribution in [0.25, 0.3) is 0 Å². The fraction of sp³-hybridized carbons (Fsp3) is 0.667. The van der Waals surface area contributed by atoms with Gasteiger partial charge in [-0.15, -0.1) is 0 Å². The number of nitriles is 1. The summed E-state index contributed by atoms with van der Waals surface area (Å²) in [6, 6.07) is 0. The topological polar surface area (TPSA) is 23.8 Å². The van der Waals surface area contributed by atoms with Crippen LogP contribution in [0.1, 0.15) is 19.8 Å². The molecule has 0 heterocycles. The van der Waals surface area contributed by atoms with Crippen LogP contribution < -0.4 is 0 Å². The Morgan fingerprint density at radius 3 is 2.20 bits per heavy atom. The number of allylic oxidation sites excluding steroid dienone is 2. The molecule has 0 aromatic rings. The summed E-state index contributed by atoms with van der Waals surface area (Å²) in [6.07, 6.45) is 7.71. The van der Waals surface area contributed by atoms with Crippen molar-refractivity contribution in [2.24, 2.45) is 17.8 Å². The van der Waals surface area contributed by atoms with Crippen LogP contribution in [0.4, 0.5) is 0 Å². The predicted molar refractivity (Wildman–Crippen MR) is 41.2 cm³/mol. The molecule has 1 heteroatoms. The molecule has 0 amide bonds. The summed E-state index contributed by atoms with van der Waals surface area (Å²) in [7, 11) is 0. The third kappa shape index (κ3) is 1.07. The van der Waals surface area contributed by atoms with E-state index in [1.807, 2.05) is 0 Å². The van der Waals surface area contributed by atoms with Gasteiger partial charge in [0.15, 0.2) is 0 Å². The summed E-state index contributed by atoms with van der Waals surface area (Å²) in [4.78, 5) is 0. The lowest BCUT2D eigenvalue weighted by molar-refractivity contribution is 0.493. The Bertz CT molecular complexity index is 157. The third-order valence-electron chi connectivity index (χ3n) is 2.61. The van der Waals surface area contributed by atoms with E-state index in [2.05, 4.69) is 25.6 Å². The average molecular weight is 135 g/mol. The first-order chi connectivity index (χ1) is 4.86. The smallest absolute Gasteiger partial charge is 0.0462 e. The molecule has 2 aliphatic rings. The van der Waals surface area contributed by atoms with Crippen molar-refractivity contribution in [3.8, 4) is 6.57 Å².